The quantitative estimate of drug-likeness (QED) is 0.413. The van der Waals surface area contributed by atoms with E-state index in [9.17, 15) is 30.9 Å². The molecule has 1 aromatic carbocycles. The molecule has 7 nitrogen and oxygen atoms in total. The molecule has 0 unspecified atom stereocenters. The van der Waals surface area contributed by atoms with Crippen molar-refractivity contribution in [1.82, 2.24) is 0 Å². The third kappa shape index (κ3) is 6.42. The molecule has 0 spiro atoms. The molecule has 1 rings (SSSR count). The first-order chi connectivity index (χ1) is 10.5. The normalized spacial score (nSPS) is 12.0. The lowest BCUT2D eigenvalue weighted by molar-refractivity contribution is -0.139. The number of alkyl halides is 3. The van der Waals surface area contributed by atoms with Crippen LogP contribution in [0.25, 0.3) is 0 Å². The van der Waals surface area contributed by atoms with Crippen molar-refractivity contribution in [3.63, 3.8) is 0 Å². The van der Waals surface area contributed by atoms with Gasteiger partial charge >= 0.3 is 12.1 Å². The van der Waals surface area contributed by atoms with Gasteiger partial charge in [0, 0.05) is 7.11 Å². The predicted molar refractivity (Wildman–Crippen MR) is 68.8 cm³/mol. The lowest BCUT2D eigenvalue weighted by Crippen LogP contribution is -2.16. The van der Waals surface area contributed by atoms with E-state index in [-0.39, 0.29) is 5.56 Å². The van der Waals surface area contributed by atoms with Crippen LogP contribution >= 0.6 is 0 Å². The Kier molecular flexibility index (Phi) is 6.36. The number of halogens is 3. The molecule has 0 aliphatic rings. The Morgan fingerprint density at radius 3 is 2.48 bits per heavy atom. The van der Waals surface area contributed by atoms with Gasteiger partial charge in [-0.1, -0.05) is 0 Å². The predicted octanol–water partition coefficient (Wildman–Crippen LogP) is 1.39. The number of ether oxygens (including phenoxy) is 3. The highest BCUT2D eigenvalue weighted by Crippen LogP contribution is 2.36. The summed E-state index contributed by atoms with van der Waals surface area (Å²) >= 11 is 0. The zero-order chi connectivity index (χ0) is 17.7. The van der Waals surface area contributed by atoms with E-state index in [0.717, 1.165) is 12.1 Å². The van der Waals surface area contributed by atoms with Crippen molar-refractivity contribution in [2.75, 3.05) is 26.3 Å². The maximum absolute atomic E-state index is 12.8. The van der Waals surface area contributed by atoms with Gasteiger partial charge in [0.15, 0.2) is 6.79 Å². The molecule has 0 aliphatic heterocycles. The second-order valence-corrected chi connectivity index (χ2v) is 5.68. The van der Waals surface area contributed by atoms with Gasteiger partial charge in [-0.2, -0.15) is 13.2 Å². The van der Waals surface area contributed by atoms with E-state index in [1.54, 1.807) is 0 Å². The molecule has 11 heteroatoms. The Hall–Kier alpha value is -1.85. The van der Waals surface area contributed by atoms with Gasteiger partial charge in [-0.05, 0) is 18.2 Å². The lowest BCUT2D eigenvalue weighted by atomic mass is 10.1. The molecule has 0 heterocycles. The van der Waals surface area contributed by atoms with Crippen molar-refractivity contribution in [1.29, 1.82) is 0 Å². The summed E-state index contributed by atoms with van der Waals surface area (Å²) in [6, 6.07) is 2.25. The summed E-state index contributed by atoms with van der Waals surface area (Å²) in [7, 11) is -3.36. The molecule has 0 fully saturated rings. The van der Waals surface area contributed by atoms with Crippen LogP contribution < -0.4 is 4.74 Å². The van der Waals surface area contributed by atoms with Gasteiger partial charge in [0.25, 0.3) is 0 Å². The number of esters is 1. The van der Waals surface area contributed by atoms with Crippen LogP contribution in [0.2, 0.25) is 0 Å². The lowest BCUT2D eigenvalue weighted by Gasteiger charge is -2.14. The minimum atomic E-state index is -4.71. The third-order valence-electron chi connectivity index (χ3n) is 2.42. The van der Waals surface area contributed by atoms with E-state index < -0.39 is 52.7 Å². The minimum Gasteiger partial charge on any atom is -0.748 e. The maximum Gasteiger partial charge on any atom is 0.419 e. The summed E-state index contributed by atoms with van der Waals surface area (Å²) in [5.41, 5.74) is -1.42. The average molecular weight is 357 g/mol. The molecule has 0 atom stereocenters. The van der Waals surface area contributed by atoms with Gasteiger partial charge in [-0.15, -0.1) is 0 Å². The number of benzene rings is 1. The van der Waals surface area contributed by atoms with Crippen LogP contribution in [-0.2, 0) is 25.8 Å². The fourth-order valence-corrected chi connectivity index (χ4v) is 1.73. The van der Waals surface area contributed by atoms with Crippen LogP contribution in [0, 0.1) is 0 Å². The standard InChI is InChI=1S/C12H13F3O7S/c1-20-7-22-10-6-8(2-3-9(10)12(13,14)15)11(16)21-4-5-23(17,18)19/h2-3,6H,4-5,7H2,1H3,(H,17,18,19)/p-1. The number of hydrogen-bond donors (Lipinski definition) is 0. The number of hydrogen-bond acceptors (Lipinski definition) is 7. The van der Waals surface area contributed by atoms with E-state index in [1.165, 1.54) is 7.11 Å². The maximum atomic E-state index is 12.8. The monoisotopic (exact) mass is 357 g/mol. The van der Waals surface area contributed by atoms with Gasteiger partial charge < -0.3 is 18.8 Å². The molecule has 0 radical (unpaired) electrons. The topological polar surface area (TPSA) is 102 Å². The Morgan fingerprint density at radius 1 is 1.30 bits per heavy atom. The average Bonchev–Trinajstić information content (AvgIpc) is 2.42. The summed E-state index contributed by atoms with van der Waals surface area (Å²) < 4.78 is 83.3. The van der Waals surface area contributed by atoms with E-state index in [0.29, 0.717) is 6.07 Å². The molecule has 0 amide bonds. The zero-order valence-corrected chi connectivity index (χ0v) is 12.6. The molecular weight excluding hydrogens is 345 g/mol. The van der Waals surface area contributed by atoms with Crippen molar-refractivity contribution in [3.05, 3.63) is 29.3 Å². The van der Waals surface area contributed by atoms with Crippen LogP contribution in [0.4, 0.5) is 13.2 Å². The Bertz CT molecular complexity index is 655. The van der Waals surface area contributed by atoms with E-state index in [4.69, 9.17) is 4.74 Å². The smallest absolute Gasteiger partial charge is 0.419 e. The highest BCUT2D eigenvalue weighted by molar-refractivity contribution is 7.85. The first-order valence-electron chi connectivity index (χ1n) is 5.98. The van der Waals surface area contributed by atoms with E-state index >= 15 is 0 Å². The van der Waals surface area contributed by atoms with Crippen molar-refractivity contribution in [3.8, 4) is 5.75 Å². The Labute approximate surface area is 129 Å². The third-order valence-corrected chi connectivity index (χ3v) is 3.09. The highest BCUT2D eigenvalue weighted by atomic mass is 32.2. The molecule has 130 valence electrons. The second-order valence-electron chi connectivity index (χ2n) is 4.16. The van der Waals surface area contributed by atoms with Gasteiger partial charge in [0.05, 0.1) is 27.0 Å². The molecule has 0 aromatic heterocycles. The number of carbonyl (C=O) groups is 1. The van der Waals surface area contributed by atoms with Crippen LogP contribution in [0.15, 0.2) is 18.2 Å². The van der Waals surface area contributed by atoms with Gasteiger partial charge in [-0.3, -0.25) is 0 Å². The van der Waals surface area contributed by atoms with Gasteiger partial charge in [-0.25, -0.2) is 13.2 Å². The van der Waals surface area contributed by atoms with Crippen LogP contribution in [0.1, 0.15) is 15.9 Å². The number of methoxy groups -OCH3 is 1. The SMILES string of the molecule is COCOc1cc(C(=O)OCCS(=O)(=O)[O-])ccc1C(F)(F)F. The second kappa shape index (κ2) is 7.62. The fraction of sp³-hybridized carbons (Fsp3) is 0.417. The van der Waals surface area contributed by atoms with Crippen LogP contribution in [-0.4, -0.2) is 45.2 Å². The summed E-state index contributed by atoms with van der Waals surface area (Å²) in [6.45, 7) is -1.18. The zero-order valence-electron chi connectivity index (χ0n) is 11.8. The van der Waals surface area contributed by atoms with Crippen molar-refractivity contribution in [2.45, 2.75) is 6.18 Å². The summed E-state index contributed by atoms with van der Waals surface area (Å²) in [5, 5.41) is 0. The molecule has 0 N–H and O–H groups in total. The number of carbonyl (C=O) groups excluding carboxylic acids is 1. The van der Waals surface area contributed by atoms with Crippen LogP contribution in [0.5, 0.6) is 5.75 Å². The van der Waals surface area contributed by atoms with Gasteiger partial charge in [0.1, 0.15) is 12.4 Å². The fourth-order valence-electron chi connectivity index (χ4n) is 1.45. The van der Waals surface area contributed by atoms with Crippen molar-refractivity contribution >= 4 is 16.1 Å². The molecule has 0 aliphatic carbocycles. The summed E-state index contributed by atoms with van der Waals surface area (Å²) in [6.07, 6.45) is -4.71. The van der Waals surface area contributed by atoms with Crippen molar-refractivity contribution in [2.24, 2.45) is 0 Å². The van der Waals surface area contributed by atoms with Crippen molar-refractivity contribution < 1.29 is 45.1 Å². The summed E-state index contributed by atoms with van der Waals surface area (Å²) in [5.74, 6) is -2.68. The molecule has 0 saturated heterocycles. The number of rotatable bonds is 7. The highest BCUT2D eigenvalue weighted by Gasteiger charge is 2.35. The molecule has 23 heavy (non-hydrogen) atoms. The van der Waals surface area contributed by atoms with Crippen LogP contribution in [0.3, 0.4) is 0 Å². The van der Waals surface area contributed by atoms with E-state index in [2.05, 4.69) is 9.47 Å². The summed E-state index contributed by atoms with van der Waals surface area (Å²) in [4.78, 5) is 11.6. The Morgan fingerprint density at radius 2 is 1.96 bits per heavy atom. The largest absolute Gasteiger partial charge is 0.748 e. The first kappa shape index (κ1) is 19.2. The molecule has 0 bridgehead atoms. The Balaban J connectivity index is 2.93. The first-order valence-corrected chi connectivity index (χ1v) is 7.56. The molecule has 0 saturated carbocycles. The molecule has 1 aromatic rings. The molecular formula is C12H12F3O7S-. The van der Waals surface area contributed by atoms with E-state index in [1.807, 2.05) is 0 Å². The van der Waals surface area contributed by atoms with Gasteiger partial charge in [0.2, 0.25) is 0 Å². The minimum absolute atomic E-state index is 0.299.